The van der Waals surface area contributed by atoms with Crippen LogP contribution in [0.4, 0.5) is 0 Å². The molecule has 2 rings (SSSR count). The van der Waals surface area contributed by atoms with E-state index in [9.17, 15) is 0 Å². The third-order valence-electron chi connectivity index (χ3n) is 4.77. The Hall–Kier alpha value is -0.0400. The molecule has 0 aromatic carbocycles. The van der Waals surface area contributed by atoms with Crippen molar-refractivity contribution in [1.82, 2.24) is 4.90 Å². The molecule has 1 heteroatoms. The fraction of sp³-hybridized carbons (Fsp3) is 1.00. The first-order valence-electron chi connectivity index (χ1n) is 5.70. The van der Waals surface area contributed by atoms with Crippen molar-refractivity contribution in [1.29, 1.82) is 0 Å². The Morgan fingerprint density at radius 3 is 1.92 bits per heavy atom. The fourth-order valence-electron chi connectivity index (χ4n) is 3.11. The molecule has 2 aliphatic rings. The maximum absolute atomic E-state index is 2.67. The van der Waals surface area contributed by atoms with Gasteiger partial charge in [-0.25, -0.2) is 0 Å². The van der Waals surface area contributed by atoms with E-state index in [0.29, 0.717) is 11.0 Å². The average Bonchev–Trinajstić information content (AvgIpc) is 2.55. The molecule has 76 valence electrons. The van der Waals surface area contributed by atoms with Crippen molar-refractivity contribution in [3.63, 3.8) is 0 Å². The molecule has 0 heterocycles. The fourth-order valence-corrected chi connectivity index (χ4v) is 3.11. The molecular formula is C12H23N. The van der Waals surface area contributed by atoms with Gasteiger partial charge in [-0.3, -0.25) is 4.90 Å². The summed E-state index contributed by atoms with van der Waals surface area (Å²) >= 11 is 0. The maximum atomic E-state index is 2.67. The minimum atomic E-state index is 0.502. The zero-order valence-electron chi connectivity index (χ0n) is 9.56. The van der Waals surface area contributed by atoms with Crippen LogP contribution in [0.15, 0.2) is 0 Å². The standard InChI is InChI=1S/C12H23N/c1-11(2)9-12(11,3)13(4)10-7-5-6-8-10/h10H,5-9H2,1-4H3. The summed E-state index contributed by atoms with van der Waals surface area (Å²) in [5.74, 6) is 0. The highest BCUT2D eigenvalue weighted by Crippen LogP contribution is 2.59. The Morgan fingerprint density at radius 1 is 1.08 bits per heavy atom. The summed E-state index contributed by atoms with van der Waals surface area (Å²) < 4.78 is 0. The molecule has 0 N–H and O–H groups in total. The van der Waals surface area contributed by atoms with E-state index in [2.05, 4.69) is 32.7 Å². The number of rotatable bonds is 2. The van der Waals surface area contributed by atoms with Gasteiger partial charge in [0.2, 0.25) is 0 Å². The molecule has 1 unspecified atom stereocenters. The maximum Gasteiger partial charge on any atom is 0.0238 e. The molecule has 2 aliphatic carbocycles. The van der Waals surface area contributed by atoms with E-state index in [1.54, 1.807) is 0 Å². The van der Waals surface area contributed by atoms with Crippen molar-refractivity contribution in [3.8, 4) is 0 Å². The van der Waals surface area contributed by atoms with E-state index in [4.69, 9.17) is 0 Å². The average molecular weight is 181 g/mol. The molecule has 2 fully saturated rings. The summed E-state index contributed by atoms with van der Waals surface area (Å²) in [5.41, 5.74) is 1.06. The highest BCUT2D eigenvalue weighted by Gasteiger charge is 2.60. The minimum Gasteiger partial charge on any atom is -0.297 e. The summed E-state index contributed by atoms with van der Waals surface area (Å²) in [7, 11) is 2.34. The zero-order valence-corrected chi connectivity index (χ0v) is 9.56. The van der Waals surface area contributed by atoms with E-state index >= 15 is 0 Å². The van der Waals surface area contributed by atoms with Crippen LogP contribution in [0.2, 0.25) is 0 Å². The van der Waals surface area contributed by atoms with Crippen LogP contribution in [0.3, 0.4) is 0 Å². The second-order valence-corrected chi connectivity index (χ2v) is 5.88. The minimum absolute atomic E-state index is 0.502. The molecule has 0 aromatic rings. The molecule has 0 amide bonds. The van der Waals surface area contributed by atoms with Crippen LogP contribution in [-0.2, 0) is 0 Å². The highest BCUT2D eigenvalue weighted by atomic mass is 15.3. The lowest BCUT2D eigenvalue weighted by Gasteiger charge is -2.33. The summed E-state index contributed by atoms with van der Waals surface area (Å²) in [6.45, 7) is 7.24. The van der Waals surface area contributed by atoms with Gasteiger partial charge in [0.25, 0.3) is 0 Å². The molecular weight excluding hydrogens is 158 g/mol. The molecule has 1 atom stereocenters. The second-order valence-electron chi connectivity index (χ2n) is 5.88. The summed E-state index contributed by atoms with van der Waals surface area (Å²) in [4.78, 5) is 2.67. The lowest BCUT2D eigenvalue weighted by molar-refractivity contribution is 0.139. The van der Waals surface area contributed by atoms with Gasteiger partial charge in [0.1, 0.15) is 0 Å². The topological polar surface area (TPSA) is 3.24 Å². The first-order chi connectivity index (χ1) is 5.97. The van der Waals surface area contributed by atoms with Crippen LogP contribution in [-0.4, -0.2) is 23.5 Å². The quantitative estimate of drug-likeness (QED) is 0.633. The second kappa shape index (κ2) is 2.73. The number of hydrogen-bond acceptors (Lipinski definition) is 1. The van der Waals surface area contributed by atoms with Crippen molar-refractivity contribution in [2.75, 3.05) is 7.05 Å². The SMILES string of the molecule is CN(C1CCCC1)C1(C)CC1(C)C. The van der Waals surface area contributed by atoms with Gasteiger partial charge in [-0.1, -0.05) is 26.7 Å². The van der Waals surface area contributed by atoms with E-state index in [0.717, 1.165) is 6.04 Å². The normalized spacial score (nSPS) is 38.5. The van der Waals surface area contributed by atoms with Gasteiger partial charge in [-0.15, -0.1) is 0 Å². The van der Waals surface area contributed by atoms with Crippen LogP contribution >= 0.6 is 0 Å². The smallest absolute Gasteiger partial charge is 0.0238 e. The van der Waals surface area contributed by atoms with Crippen molar-refractivity contribution in [2.45, 2.75) is 64.5 Å². The molecule has 0 aromatic heterocycles. The molecule has 0 saturated heterocycles. The Bertz CT molecular complexity index is 203. The largest absolute Gasteiger partial charge is 0.297 e. The van der Waals surface area contributed by atoms with Gasteiger partial charge in [0, 0.05) is 11.6 Å². The van der Waals surface area contributed by atoms with Gasteiger partial charge >= 0.3 is 0 Å². The Morgan fingerprint density at radius 2 is 1.54 bits per heavy atom. The van der Waals surface area contributed by atoms with Crippen molar-refractivity contribution in [2.24, 2.45) is 5.41 Å². The Balaban J connectivity index is 2.01. The van der Waals surface area contributed by atoms with E-state index < -0.39 is 0 Å². The third-order valence-corrected chi connectivity index (χ3v) is 4.77. The molecule has 13 heavy (non-hydrogen) atoms. The van der Waals surface area contributed by atoms with Gasteiger partial charge in [0.15, 0.2) is 0 Å². The van der Waals surface area contributed by atoms with Crippen molar-refractivity contribution < 1.29 is 0 Å². The van der Waals surface area contributed by atoms with Crippen LogP contribution in [0.5, 0.6) is 0 Å². The summed E-state index contributed by atoms with van der Waals surface area (Å²) in [6.07, 6.45) is 7.15. The predicted octanol–water partition coefficient (Wildman–Crippen LogP) is 3.05. The Kier molecular flexibility index (Phi) is 1.99. The van der Waals surface area contributed by atoms with Gasteiger partial charge in [-0.2, -0.15) is 0 Å². The van der Waals surface area contributed by atoms with Crippen LogP contribution < -0.4 is 0 Å². The molecule has 0 radical (unpaired) electrons. The van der Waals surface area contributed by atoms with E-state index in [1.165, 1.54) is 32.1 Å². The molecule has 2 saturated carbocycles. The predicted molar refractivity (Wildman–Crippen MR) is 56.8 cm³/mol. The number of nitrogens with zero attached hydrogens (tertiary/aromatic N) is 1. The molecule has 0 bridgehead atoms. The lowest BCUT2D eigenvalue weighted by atomic mass is 10.0. The first kappa shape index (κ1) is 9.51. The van der Waals surface area contributed by atoms with Gasteiger partial charge in [-0.05, 0) is 38.6 Å². The van der Waals surface area contributed by atoms with E-state index in [-0.39, 0.29) is 0 Å². The van der Waals surface area contributed by atoms with Crippen molar-refractivity contribution in [3.05, 3.63) is 0 Å². The molecule has 0 spiro atoms. The highest BCUT2D eigenvalue weighted by molar-refractivity contribution is 5.15. The zero-order chi connectivity index (χ0) is 9.69. The number of hydrogen-bond donors (Lipinski definition) is 0. The molecule has 0 aliphatic heterocycles. The van der Waals surface area contributed by atoms with Gasteiger partial charge < -0.3 is 0 Å². The van der Waals surface area contributed by atoms with E-state index in [1.807, 2.05) is 0 Å². The van der Waals surface area contributed by atoms with Crippen LogP contribution in [0.25, 0.3) is 0 Å². The Labute approximate surface area is 82.5 Å². The van der Waals surface area contributed by atoms with Crippen LogP contribution in [0.1, 0.15) is 52.9 Å². The van der Waals surface area contributed by atoms with Crippen molar-refractivity contribution >= 4 is 0 Å². The lowest BCUT2D eigenvalue weighted by Crippen LogP contribution is -2.41. The first-order valence-corrected chi connectivity index (χ1v) is 5.70. The summed E-state index contributed by atoms with van der Waals surface area (Å²) in [5, 5.41) is 0. The molecule has 1 nitrogen and oxygen atoms in total. The van der Waals surface area contributed by atoms with Gasteiger partial charge in [0.05, 0.1) is 0 Å². The monoisotopic (exact) mass is 181 g/mol. The summed E-state index contributed by atoms with van der Waals surface area (Å²) in [6, 6.07) is 0.881. The van der Waals surface area contributed by atoms with Crippen LogP contribution in [0, 0.1) is 5.41 Å². The third kappa shape index (κ3) is 1.32.